The van der Waals surface area contributed by atoms with Gasteiger partial charge in [-0.15, -0.1) is 21.5 Å². The summed E-state index contributed by atoms with van der Waals surface area (Å²) < 4.78 is 0. The standard InChI is InChI=1S/C17H17N5O2S2/c1-3-11-4-6-12(7-5-11)13-8-25-16(18-13)19-14(23)9-26-17-20-15(24)10(2)21-22-17/h4-8H,3,9H2,1-2H3,(H,18,19,23)(H,20,22,24). The van der Waals surface area contributed by atoms with E-state index in [1.54, 1.807) is 6.92 Å². The number of hydrogen-bond donors (Lipinski definition) is 2. The first-order valence-electron chi connectivity index (χ1n) is 7.96. The summed E-state index contributed by atoms with van der Waals surface area (Å²) in [5.41, 5.74) is 3.10. The lowest BCUT2D eigenvalue weighted by atomic mass is 10.1. The molecule has 2 aromatic heterocycles. The molecule has 3 rings (SSSR count). The van der Waals surface area contributed by atoms with Crippen molar-refractivity contribution in [2.75, 3.05) is 11.1 Å². The summed E-state index contributed by atoms with van der Waals surface area (Å²) in [6.07, 6.45) is 0.993. The van der Waals surface area contributed by atoms with Crippen molar-refractivity contribution >= 4 is 34.1 Å². The first-order chi connectivity index (χ1) is 12.5. The van der Waals surface area contributed by atoms with Crippen LogP contribution in [0.25, 0.3) is 11.3 Å². The van der Waals surface area contributed by atoms with E-state index < -0.39 is 0 Å². The monoisotopic (exact) mass is 387 g/mol. The number of hydrogen-bond acceptors (Lipinski definition) is 7. The van der Waals surface area contributed by atoms with Gasteiger partial charge in [0.1, 0.15) is 5.69 Å². The average Bonchev–Trinajstić information content (AvgIpc) is 3.11. The van der Waals surface area contributed by atoms with Crippen LogP contribution in [-0.2, 0) is 11.2 Å². The summed E-state index contributed by atoms with van der Waals surface area (Å²) >= 11 is 2.48. The van der Waals surface area contributed by atoms with E-state index in [0.717, 1.165) is 29.4 Å². The molecule has 26 heavy (non-hydrogen) atoms. The van der Waals surface area contributed by atoms with Crippen molar-refractivity contribution in [3.63, 3.8) is 0 Å². The van der Waals surface area contributed by atoms with Gasteiger partial charge in [-0.25, -0.2) is 4.98 Å². The lowest BCUT2D eigenvalue weighted by Gasteiger charge is -2.02. The maximum Gasteiger partial charge on any atom is 0.273 e. The van der Waals surface area contributed by atoms with Crippen molar-refractivity contribution in [1.82, 2.24) is 20.2 Å². The minimum absolute atomic E-state index is 0.105. The molecule has 0 atom stereocenters. The Balaban J connectivity index is 1.58. The van der Waals surface area contributed by atoms with Gasteiger partial charge in [-0.3, -0.25) is 14.6 Å². The van der Waals surface area contributed by atoms with Gasteiger partial charge in [0.05, 0.1) is 11.4 Å². The fraction of sp³-hybridized carbons (Fsp3) is 0.235. The zero-order valence-electron chi connectivity index (χ0n) is 14.3. The zero-order valence-corrected chi connectivity index (χ0v) is 15.9. The second-order valence-electron chi connectivity index (χ2n) is 5.47. The molecule has 9 heteroatoms. The molecule has 0 aliphatic carbocycles. The molecule has 0 unspecified atom stereocenters. The lowest BCUT2D eigenvalue weighted by molar-refractivity contribution is -0.113. The lowest BCUT2D eigenvalue weighted by Crippen LogP contribution is -2.17. The molecule has 1 amide bonds. The van der Waals surface area contributed by atoms with E-state index in [1.165, 1.54) is 16.9 Å². The third-order valence-electron chi connectivity index (χ3n) is 3.59. The summed E-state index contributed by atoms with van der Waals surface area (Å²) in [5, 5.41) is 13.1. The van der Waals surface area contributed by atoms with Gasteiger partial charge in [-0.05, 0) is 18.9 Å². The first kappa shape index (κ1) is 18.3. The second-order valence-corrected chi connectivity index (χ2v) is 7.29. The van der Waals surface area contributed by atoms with Crippen molar-refractivity contribution < 1.29 is 4.79 Å². The summed E-state index contributed by atoms with van der Waals surface area (Å²) in [5.74, 6) is -0.117. The number of anilines is 1. The van der Waals surface area contributed by atoms with Crippen molar-refractivity contribution in [2.24, 2.45) is 0 Å². The molecular weight excluding hydrogens is 370 g/mol. The van der Waals surface area contributed by atoms with Crippen LogP contribution in [0.1, 0.15) is 18.2 Å². The molecule has 0 aliphatic heterocycles. The van der Waals surface area contributed by atoms with Crippen LogP contribution in [0.3, 0.4) is 0 Å². The molecule has 7 nitrogen and oxygen atoms in total. The number of thioether (sulfide) groups is 1. The Hall–Kier alpha value is -2.52. The largest absolute Gasteiger partial charge is 0.301 e. The fourth-order valence-electron chi connectivity index (χ4n) is 2.11. The maximum atomic E-state index is 12.1. The Kier molecular flexibility index (Phi) is 5.79. The summed E-state index contributed by atoms with van der Waals surface area (Å²) in [6.45, 7) is 3.68. The van der Waals surface area contributed by atoms with Crippen LogP contribution < -0.4 is 10.9 Å². The number of H-pyrrole nitrogens is 1. The van der Waals surface area contributed by atoms with Gasteiger partial charge in [0, 0.05) is 10.9 Å². The minimum atomic E-state index is -0.304. The Bertz CT molecular complexity index is 966. The van der Waals surface area contributed by atoms with Gasteiger partial charge >= 0.3 is 0 Å². The van der Waals surface area contributed by atoms with Crippen LogP contribution in [0.5, 0.6) is 0 Å². The molecule has 134 valence electrons. The Labute approximate surface area is 158 Å². The number of thiazole rings is 1. The van der Waals surface area contributed by atoms with Gasteiger partial charge in [0.25, 0.3) is 5.56 Å². The number of benzene rings is 1. The third kappa shape index (κ3) is 4.55. The number of rotatable bonds is 6. The zero-order chi connectivity index (χ0) is 18.5. The van der Waals surface area contributed by atoms with E-state index in [4.69, 9.17) is 0 Å². The Morgan fingerprint density at radius 3 is 2.73 bits per heavy atom. The number of nitrogens with zero attached hydrogens (tertiary/aromatic N) is 3. The van der Waals surface area contributed by atoms with Gasteiger partial charge in [0.2, 0.25) is 5.91 Å². The SMILES string of the molecule is CCc1ccc(-c2csc(NC(=O)CSc3nnc(C)c(=O)[nH]3)n2)cc1. The third-order valence-corrected chi connectivity index (χ3v) is 5.21. The van der Waals surface area contributed by atoms with Crippen LogP contribution in [0.2, 0.25) is 0 Å². The first-order valence-corrected chi connectivity index (χ1v) is 9.82. The molecular formula is C17H17N5O2S2. The highest BCUT2D eigenvalue weighted by molar-refractivity contribution is 7.99. The Morgan fingerprint density at radius 1 is 1.27 bits per heavy atom. The van der Waals surface area contributed by atoms with E-state index in [2.05, 4.69) is 44.5 Å². The smallest absolute Gasteiger partial charge is 0.273 e. The van der Waals surface area contributed by atoms with Crippen molar-refractivity contribution in [3.05, 3.63) is 51.3 Å². The number of aromatic amines is 1. The van der Waals surface area contributed by atoms with Gasteiger partial charge in [-0.2, -0.15) is 0 Å². The molecule has 0 radical (unpaired) electrons. The normalized spacial score (nSPS) is 10.7. The van der Waals surface area contributed by atoms with Crippen LogP contribution in [0, 0.1) is 6.92 Å². The number of nitrogens with one attached hydrogen (secondary N) is 2. The van der Waals surface area contributed by atoms with E-state index in [9.17, 15) is 9.59 Å². The number of aromatic nitrogens is 4. The van der Waals surface area contributed by atoms with Crippen LogP contribution in [0.15, 0.2) is 39.6 Å². The molecule has 0 bridgehead atoms. The number of carbonyl (C=O) groups is 1. The van der Waals surface area contributed by atoms with Crippen molar-refractivity contribution in [1.29, 1.82) is 0 Å². The Morgan fingerprint density at radius 2 is 2.04 bits per heavy atom. The van der Waals surface area contributed by atoms with Gasteiger partial charge < -0.3 is 5.32 Å². The number of carbonyl (C=O) groups excluding carboxylic acids is 1. The number of aryl methyl sites for hydroxylation is 2. The highest BCUT2D eigenvalue weighted by Crippen LogP contribution is 2.25. The molecule has 0 fully saturated rings. The molecule has 1 aromatic carbocycles. The van der Waals surface area contributed by atoms with Crippen LogP contribution in [0.4, 0.5) is 5.13 Å². The fourth-order valence-corrected chi connectivity index (χ4v) is 3.45. The highest BCUT2D eigenvalue weighted by Gasteiger charge is 2.10. The topological polar surface area (TPSA) is 101 Å². The van der Waals surface area contributed by atoms with E-state index in [1.807, 2.05) is 17.5 Å². The molecule has 3 aromatic rings. The quantitative estimate of drug-likeness (QED) is 0.631. The molecule has 0 saturated heterocycles. The van der Waals surface area contributed by atoms with Gasteiger partial charge in [0.15, 0.2) is 10.3 Å². The second kappa shape index (κ2) is 8.24. The molecule has 2 heterocycles. The van der Waals surface area contributed by atoms with Crippen molar-refractivity contribution in [2.45, 2.75) is 25.4 Å². The summed E-state index contributed by atoms with van der Waals surface area (Å²) in [7, 11) is 0. The van der Waals surface area contributed by atoms with E-state index >= 15 is 0 Å². The summed E-state index contributed by atoms with van der Waals surface area (Å²) in [4.78, 5) is 30.6. The maximum absolute atomic E-state index is 12.1. The predicted molar refractivity (Wildman–Crippen MR) is 104 cm³/mol. The molecule has 0 aliphatic rings. The van der Waals surface area contributed by atoms with E-state index in [-0.39, 0.29) is 17.2 Å². The van der Waals surface area contributed by atoms with E-state index in [0.29, 0.717) is 16.0 Å². The van der Waals surface area contributed by atoms with Crippen molar-refractivity contribution in [3.8, 4) is 11.3 Å². The van der Waals surface area contributed by atoms with Crippen LogP contribution >= 0.6 is 23.1 Å². The number of amides is 1. The molecule has 0 spiro atoms. The van der Waals surface area contributed by atoms with Gasteiger partial charge in [-0.1, -0.05) is 43.0 Å². The highest BCUT2D eigenvalue weighted by atomic mass is 32.2. The predicted octanol–water partition coefficient (Wildman–Crippen LogP) is 2.89. The molecule has 0 saturated carbocycles. The summed E-state index contributed by atoms with van der Waals surface area (Å²) in [6, 6.07) is 8.21. The minimum Gasteiger partial charge on any atom is -0.301 e. The van der Waals surface area contributed by atoms with Crippen LogP contribution in [-0.4, -0.2) is 31.8 Å². The average molecular weight is 387 g/mol. The molecule has 2 N–H and O–H groups in total.